The zero-order chi connectivity index (χ0) is 14.3. The van der Waals surface area contributed by atoms with E-state index in [4.69, 9.17) is 9.47 Å². The second kappa shape index (κ2) is 7.81. The van der Waals surface area contributed by atoms with Crippen molar-refractivity contribution in [1.29, 1.82) is 0 Å². The number of ether oxygens (including phenoxy) is 2. The third-order valence-electron chi connectivity index (χ3n) is 2.38. The summed E-state index contributed by atoms with van der Waals surface area (Å²) < 4.78 is 36.8. The first-order valence-corrected chi connectivity index (χ1v) is 6.00. The lowest BCUT2D eigenvalue weighted by Crippen LogP contribution is -2.29. The maximum Gasteiger partial charge on any atom is 0.253 e. The van der Waals surface area contributed by atoms with Crippen LogP contribution in [0.25, 0.3) is 0 Å². The molecule has 0 aromatic heterocycles. The molecule has 6 heteroatoms. The molecule has 0 spiro atoms. The Kier molecular flexibility index (Phi) is 6.38. The maximum atomic E-state index is 13.3. The van der Waals surface area contributed by atoms with Crippen LogP contribution in [0, 0.1) is 11.6 Å². The van der Waals surface area contributed by atoms with E-state index in [9.17, 15) is 13.6 Å². The second-order valence-corrected chi connectivity index (χ2v) is 3.80. The van der Waals surface area contributed by atoms with Gasteiger partial charge in [0.15, 0.2) is 0 Å². The van der Waals surface area contributed by atoms with Crippen LogP contribution in [-0.2, 0) is 14.3 Å². The fraction of sp³-hybridized carbons (Fsp3) is 0.462. The summed E-state index contributed by atoms with van der Waals surface area (Å²) in [5.74, 6) is -2.26. The normalized spacial score (nSPS) is 12.2. The van der Waals surface area contributed by atoms with Gasteiger partial charge in [-0.15, -0.1) is 0 Å². The van der Waals surface area contributed by atoms with Crippen molar-refractivity contribution in [3.63, 3.8) is 0 Å². The third kappa shape index (κ3) is 4.92. The fourth-order valence-corrected chi connectivity index (χ4v) is 1.35. The van der Waals surface area contributed by atoms with E-state index in [0.29, 0.717) is 13.2 Å². The number of nitrogens with one attached hydrogen (secondary N) is 1. The van der Waals surface area contributed by atoms with Crippen molar-refractivity contribution in [2.75, 3.05) is 25.1 Å². The van der Waals surface area contributed by atoms with E-state index in [2.05, 4.69) is 5.32 Å². The van der Waals surface area contributed by atoms with E-state index in [-0.39, 0.29) is 6.61 Å². The van der Waals surface area contributed by atoms with Gasteiger partial charge in [0.25, 0.3) is 5.91 Å². The van der Waals surface area contributed by atoms with Gasteiger partial charge in [-0.3, -0.25) is 4.79 Å². The molecule has 1 amide bonds. The Labute approximate surface area is 110 Å². The molecule has 0 saturated heterocycles. The summed E-state index contributed by atoms with van der Waals surface area (Å²) in [6.45, 7) is 4.51. The van der Waals surface area contributed by atoms with Gasteiger partial charge in [-0.05, 0) is 26.0 Å². The van der Waals surface area contributed by atoms with Gasteiger partial charge in [-0.2, -0.15) is 0 Å². The lowest BCUT2D eigenvalue weighted by Gasteiger charge is -2.14. The summed E-state index contributed by atoms with van der Waals surface area (Å²) in [7, 11) is 0. The Morgan fingerprint density at radius 1 is 1.32 bits per heavy atom. The number of anilines is 1. The third-order valence-corrected chi connectivity index (χ3v) is 2.38. The monoisotopic (exact) mass is 273 g/mol. The van der Waals surface area contributed by atoms with Gasteiger partial charge >= 0.3 is 0 Å². The molecule has 0 saturated carbocycles. The Bertz CT molecular complexity index is 406. The van der Waals surface area contributed by atoms with Gasteiger partial charge in [-0.25, -0.2) is 8.78 Å². The summed E-state index contributed by atoms with van der Waals surface area (Å²) in [4.78, 5) is 11.7. The van der Waals surface area contributed by atoms with Gasteiger partial charge in [-0.1, -0.05) is 6.07 Å². The lowest BCUT2D eigenvalue weighted by molar-refractivity contribution is -0.127. The number of halogens is 2. The van der Waals surface area contributed by atoms with Crippen LogP contribution < -0.4 is 5.32 Å². The van der Waals surface area contributed by atoms with Gasteiger partial charge in [0, 0.05) is 6.61 Å². The van der Waals surface area contributed by atoms with Crippen molar-refractivity contribution < 1.29 is 23.0 Å². The molecule has 0 aliphatic heterocycles. The Morgan fingerprint density at radius 2 is 1.95 bits per heavy atom. The van der Waals surface area contributed by atoms with Crippen LogP contribution in [0.1, 0.15) is 13.8 Å². The van der Waals surface area contributed by atoms with Crippen molar-refractivity contribution >= 4 is 11.6 Å². The molecule has 0 aliphatic carbocycles. The molecule has 0 radical (unpaired) electrons. The van der Waals surface area contributed by atoms with E-state index in [0.717, 1.165) is 12.1 Å². The largest absolute Gasteiger partial charge is 0.379 e. The van der Waals surface area contributed by atoms with Gasteiger partial charge in [0.2, 0.25) is 0 Å². The van der Waals surface area contributed by atoms with Crippen LogP contribution in [0.5, 0.6) is 0 Å². The predicted molar refractivity (Wildman–Crippen MR) is 66.9 cm³/mol. The van der Waals surface area contributed by atoms with Crippen molar-refractivity contribution in [2.24, 2.45) is 0 Å². The topological polar surface area (TPSA) is 47.6 Å². The molecule has 1 unspecified atom stereocenters. The SMILES string of the molecule is CCOCCOC(C)C(=O)Nc1c(F)cccc1F. The number of carbonyl (C=O) groups is 1. The molecule has 0 bridgehead atoms. The molecule has 1 atom stereocenters. The van der Waals surface area contributed by atoms with Crippen LogP contribution in [0.3, 0.4) is 0 Å². The standard InChI is InChI=1S/C13H17F2NO3/c1-3-18-7-8-19-9(2)13(17)16-12-10(14)5-4-6-11(12)15/h4-6,9H,3,7-8H2,1-2H3,(H,16,17). The number of para-hydroxylation sites is 1. The van der Waals surface area contributed by atoms with Crippen LogP contribution in [0.2, 0.25) is 0 Å². The van der Waals surface area contributed by atoms with E-state index in [1.54, 1.807) is 0 Å². The first kappa shape index (κ1) is 15.5. The van der Waals surface area contributed by atoms with Crippen molar-refractivity contribution in [2.45, 2.75) is 20.0 Å². The van der Waals surface area contributed by atoms with E-state index in [1.807, 2.05) is 6.92 Å². The summed E-state index contributed by atoms with van der Waals surface area (Å²) >= 11 is 0. The average molecular weight is 273 g/mol. The highest BCUT2D eigenvalue weighted by Gasteiger charge is 2.17. The quantitative estimate of drug-likeness (QED) is 0.776. The highest BCUT2D eigenvalue weighted by atomic mass is 19.1. The van der Waals surface area contributed by atoms with Crippen LogP contribution in [0.4, 0.5) is 14.5 Å². The summed E-state index contributed by atoms with van der Waals surface area (Å²) in [5, 5.41) is 2.16. The highest BCUT2D eigenvalue weighted by Crippen LogP contribution is 2.18. The van der Waals surface area contributed by atoms with E-state index < -0.39 is 29.3 Å². The van der Waals surface area contributed by atoms with E-state index in [1.165, 1.54) is 13.0 Å². The smallest absolute Gasteiger partial charge is 0.253 e. The number of rotatable bonds is 7. The molecular formula is C13H17F2NO3. The minimum absolute atomic E-state index is 0.238. The van der Waals surface area contributed by atoms with Crippen LogP contribution in [-0.4, -0.2) is 31.8 Å². The number of carbonyl (C=O) groups excluding carboxylic acids is 1. The highest BCUT2D eigenvalue weighted by molar-refractivity contribution is 5.94. The minimum atomic E-state index is -0.824. The number of benzene rings is 1. The first-order valence-electron chi connectivity index (χ1n) is 6.00. The van der Waals surface area contributed by atoms with Gasteiger partial charge < -0.3 is 14.8 Å². The molecule has 0 fully saturated rings. The number of hydrogen-bond acceptors (Lipinski definition) is 3. The molecule has 1 aromatic carbocycles. The Balaban J connectivity index is 2.50. The first-order chi connectivity index (χ1) is 9.06. The second-order valence-electron chi connectivity index (χ2n) is 3.80. The zero-order valence-electron chi connectivity index (χ0n) is 10.9. The molecular weight excluding hydrogens is 256 g/mol. The Morgan fingerprint density at radius 3 is 2.53 bits per heavy atom. The molecule has 1 N–H and O–H groups in total. The molecule has 0 aliphatic rings. The van der Waals surface area contributed by atoms with Crippen molar-refractivity contribution in [3.05, 3.63) is 29.8 Å². The minimum Gasteiger partial charge on any atom is -0.379 e. The van der Waals surface area contributed by atoms with E-state index >= 15 is 0 Å². The predicted octanol–water partition coefficient (Wildman–Crippen LogP) is 2.34. The molecule has 1 rings (SSSR count). The van der Waals surface area contributed by atoms with Crippen LogP contribution >= 0.6 is 0 Å². The van der Waals surface area contributed by atoms with Crippen molar-refractivity contribution in [1.82, 2.24) is 0 Å². The average Bonchev–Trinajstić information content (AvgIpc) is 2.38. The van der Waals surface area contributed by atoms with Crippen molar-refractivity contribution in [3.8, 4) is 0 Å². The molecule has 19 heavy (non-hydrogen) atoms. The Hall–Kier alpha value is -1.53. The molecule has 0 heterocycles. The maximum absolute atomic E-state index is 13.3. The van der Waals surface area contributed by atoms with Gasteiger partial charge in [0.1, 0.15) is 23.4 Å². The molecule has 106 valence electrons. The summed E-state index contributed by atoms with van der Waals surface area (Å²) in [6.07, 6.45) is -0.820. The summed E-state index contributed by atoms with van der Waals surface area (Å²) in [5.41, 5.74) is -0.465. The van der Waals surface area contributed by atoms with Gasteiger partial charge in [0.05, 0.1) is 13.2 Å². The zero-order valence-corrected chi connectivity index (χ0v) is 10.9. The summed E-state index contributed by atoms with van der Waals surface area (Å²) in [6, 6.07) is 3.36. The lowest BCUT2D eigenvalue weighted by atomic mass is 10.2. The molecule has 1 aromatic rings. The van der Waals surface area contributed by atoms with Crippen LogP contribution in [0.15, 0.2) is 18.2 Å². The number of hydrogen-bond donors (Lipinski definition) is 1. The number of amides is 1. The fourth-order valence-electron chi connectivity index (χ4n) is 1.35. The molecule has 4 nitrogen and oxygen atoms in total.